The van der Waals surface area contributed by atoms with Gasteiger partial charge in [-0.25, -0.2) is 4.79 Å². The summed E-state index contributed by atoms with van der Waals surface area (Å²) in [6, 6.07) is 10.0. The Hall–Kier alpha value is -2.08. The van der Waals surface area contributed by atoms with Crippen molar-refractivity contribution in [3.8, 4) is 0 Å². The van der Waals surface area contributed by atoms with Gasteiger partial charge in [0.15, 0.2) is 0 Å². The summed E-state index contributed by atoms with van der Waals surface area (Å²) >= 11 is 0. The molecule has 2 fully saturated rings. The van der Waals surface area contributed by atoms with E-state index in [-0.39, 0.29) is 12.0 Å². The minimum Gasteiger partial charge on any atom is -0.444 e. The third kappa shape index (κ3) is 5.04. The molecule has 1 aromatic rings. The van der Waals surface area contributed by atoms with E-state index in [1.54, 1.807) is 4.90 Å². The van der Waals surface area contributed by atoms with Crippen LogP contribution in [0.1, 0.15) is 52.5 Å². The van der Waals surface area contributed by atoms with Gasteiger partial charge in [-0.3, -0.25) is 4.79 Å². The average Bonchev–Trinajstić information content (AvgIpc) is 2.81. The molecule has 1 spiro atoms. The monoisotopic (exact) mass is 388 g/mol. The number of benzene rings is 1. The van der Waals surface area contributed by atoms with Gasteiger partial charge < -0.3 is 19.3 Å². The minimum atomic E-state index is -0.504. The van der Waals surface area contributed by atoms with E-state index in [4.69, 9.17) is 9.47 Å². The molecule has 0 bridgehead atoms. The van der Waals surface area contributed by atoms with Gasteiger partial charge in [0.1, 0.15) is 11.7 Å². The van der Waals surface area contributed by atoms with E-state index in [0.717, 1.165) is 18.4 Å². The van der Waals surface area contributed by atoms with Crippen LogP contribution in [0, 0.1) is 0 Å². The van der Waals surface area contributed by atoms with Crippen LogP contribution >= 0.6 is 0 Å². The number of hydrogen-bond donors (Lipinski definition) is 0. The van der Waals surface area contributed by atoms with Crippen LogP contribution in [0.3, 0.4) is 0 Å². The highest BCUT2D eigenvalue weighted by Crippen LogP contribution is 2.34. The molecule has 6 heteroatoms. The summed E-state index contributed by atoms with van der Waals surface area (Å²) in [5, 5.41) is 0. The van der Waals surface area contributed by atoms with Gasteiger partial charge in [0, 0.05) is 19.6 Å². The minimum absolute atomic E-state index is 0.0303. The summed E-state index contributed by atoms with van der Waals surface area (Å²) in [5.74, 6) is 0.0303. The van der Waals surface area contributed by atoms with E-state index in [0.29, 0.717) is 32.6 Å². The zero-order chi connectivity index (χ0) is 20.4. The van der Waals surface area contributed by atoms with Crippen LogP contribution in [0.2, 0.25) is 0 Å². The van der Waals surface area contributed by atoms with Crippen molar-refractivity contribution in [3.05, 3.63) is 35.9 Å². The maximum Gasteiger partial charge on any atom is 0.410 e. The summed E-state index contributed by atoms with van der Waals surface area (Å²) in [5.41, 5.74) is 0.207. The Morgan fingerprint density at radius 3 is 2.61 bits per heavy atom. The number of rotatable bonds is 2. The molecule has 28 heavy (non-hydrogen) atoms. The Morgan fingerprint density at radius 2 is 1.93 bits per heavy atom. The summed E-state index contributed by atoms with van der Waals surface area (Å²) in [4.78, 5) is 28.8. The fourth-order valence-corrected chi connectivity index (χ4v) is 4.04. The van der Waals surface area contributed by atoms with Crippen LogP contribution in [0.15, 0.2) is 30.3 Å². The maximum atomic E-state index is 12.7. The number of amides is 2. The molecule has 2 heterocycles. The first-order valence-electron chi connectivity index (χ1n) is 10.2. The fourth-order valence-electron chi connectivity index (χ4n) is 4.04. The third-order valence-corrected chi connectivity index (χ3v) is 5.33. The first kappa shape index (κ1) is 20.6. The molecule has 1 unspecified atom stereocenters. The molecular weight excluding hydrogens is 356 g/mol. The highest BCUT2D eigenvalue weighted by molar-refractivity contribution is 5.81. The highest BCUT2D eigenvalue weighted by atomic mass is 16.6. The lowest BCUT2D eigenvalue weighted by atomic mass is 9.91. The van der Waals surface area contributed by atoms with Crippen LogP contribution in [0.5, 0.6) is 0 Å². The summed E-state index contributed by atoms with van der Waals surface area (Å²) in [6.07, 6.45) is 1.63. The normalized spacial score (nSPS) is 26.3. The molecular formula is C22H32N2O4. The van der Waals surface area contributed by atoms with Crippen molar-refractivity contribution in [2.45, 2.75) is 70.8 Å². The Morgan fingerprint density at radius 1 is 1.21 bits per heavy atom. The van der Waals surface area contributed by atoms with E-state index in [9.17, 15) is 9.59 Å². The van der Waals surface area contributed by atoms with Gasteiger partial charge in [0.25, 0.3) is 5.91 Å². The fraction of sp³-hybridized carbons (Fsp3) is 0.636. The summed E-state index contributed by atoms with van der Waals surface area (Å²) in [6.45, 7) is 9.85. The number of ether oxygens (including phenoxy) is 2. The van der Waals surface area contributed by atoms with Gasteiger partial charge in [0.2, 0.25) is 0 Å². The van der Waals surface area contributed by atoms with Crippen LogP contribution in [-0.2, 0) is 20.8 Å². The first-order chi connectivity index (χ1) is 13.2. The molecule has 2 atom stereocenters. The second-order valence-electron chi connectivity index (χ2n) is 8.94. The van der Waals surface area contributed by atoms with Gasteiger partial charge in [-0.1, -0.05) is 30.3 Å². The predicted molar refractivity (Wildman–Crippen MR) is 107 cm³/mol. The van der Waals surface area contributed by atoms with E-state index in [2.05, 4.69) is 0 Å². The molecule has 1 aromatic carbocycles. The molecule has 0 saturated carbocycles. The lowest BCUT2D eigenvalue weighted by Crippen LogP contribution is -2.57. The lowest BCUT2D eigenvalue weighted by molar-refractivity contribution is -0.184. The topological polar surface area (TPSA) is 59.1 Å². The van der Waals surface area contributed by atoms with Crippen molar-refractivity contribution in [2.75, 3.05) is 19.6 Å². The second kappa shape index (κ2) is 8.11. The molecule has 2 saturated heterocycles. The maximum absolute atomic E-state index is 12.7. The molecule has 0 N–H and O–H groups in total. The van der Waals surface area contributed by atoms with E-state index in [1.807, 2.05) is 62.9 Å². The van der Waals surface area contributed by atoms with Crippen molar-refractivity contribution in [1.29, 1.82) is 0 Å². The average molecular weight is 389 g/mol. The van der Waals surface area contributed by atoms with E-state index < -0.39 is 17.3 Å². The standard InChI is InChI=1S/C22H32N2O4/c1-17-19(25)24(15-18-9-6-5-7-10-18)16-22(27-17)11-8-13-23(14-12-22)20(26)28-21(2,3)4/h5-7,9-10,17H,8,11-16H2,1-4H3/t17-,22?/m0/s1. The quantitative estimate of drug-likeness (QED) is 0.777. The van der Waals surface area contributed by atoms with Crippen molar-refractivity contribution >= 4 is 12.0 Å². The zero-order valence-electron chi connectivity index (χ0n) is 17.4. The molecule has 154 valence electrons. The van der Waals surface area contributed by atoms with Crippen LogP contribution in [0.4, 0.5) is 4.79 Å². The molecule has 6 nitrogen and oxygen atoms in total. The number of morpholine rings is 1. The molecule has 3 rings (SSSR count). The molecule has 0 aromatic heterocycles. The smallest absolute Gasteiger partial charge is 0.410 e. The van der Waals surface area contributed by atoms with Gasteiger partial charge in [-0.05, 0) is 52.5 Å². The molecule has 0 radical (unpaired) electrons. The number of nitrogens with zero attached hydrogens (tertiary/aromatic N) is 2. The lowest BCUT2D eigenvalue weighted by Gasteiger charge is -2.45. The molecule has 0 aliphatic carbocycles. The molecule has 2 amide bonds. The molecule has 2 aliphatic rings. The second-order valence-corrected chi connectivity index (χ2v) is 8.94. The third-order valence-electron chi connectivity index (χ3n) is 5.33. The summed E-state index contributed by atoms with van der Waals surface area (Å²) < 4.78 is 11.8. The van der Waals surface area contributed by atoms with Crippen molar-refractivity contribution < 1.29 is 19.1 Å². The predicted octanol–water partition coefficient (Wildman–Crippen LogP) is 3.59. The zero-order valence-corrected chi connectivity index (χ0v) is 17.4. The van der Waals surface area contributed by atoms with Gasteiger partial charge in [-0.2, -0.15) is 0 Å². The van der Waals surface area contributed by atoms with Crippen LogP contribution < -0.4 is 0 Å². The van der Waals surface area contributed by atoms with Gasteiger partial charge in [-0.15, -0.1) is 0 Å². The van der Waals surface area contributed by atoms with Gasteiger partial charge >= 0.3 is 6.09 Å². The van der Waals surface area contributed by atoms with Crippen LogP contribution in [-0.4, -0.2) is 58.7 Å². The number of likely N-dealkylation sites (tertiary alicyclic amines) is 1. The van der Waals surface area contributed by atoms with Crippen molar-refractivity contribution in [3.63, 3.8) is 0 Å². The number of hydrogen-bond acceptors (Lipinski definition) is 4. The van der Waals surface area contributed by atoms with Crippen molar-refractivity contribution in [1.82, 2.24) is 9.80 Å². The Balaban J connectivity index is 1.69. The largest absolute Gasteiger partial charge is 0.444 e. The van der Waals surface area contributed by atoms with E-state index in [1.165, 1.54) is 0 Å². The molecule has 2 aliphatic heterocycles. The highest BCUT2D eigenvalue weighted by Gasteiger charge is 2.44. The van der Waals surface area contributed by atoms with Crippen LogP contribution in [0.25, 0.3) is 0 Å². The summed E-state index contributed by atoms with van der Waals surface area (Å²) in [7, 11) is 0. The van der Waals surface area contributed by atoms with Gasteiger partial charge in [0.05, 0.1) is 12.1 Å². The Kier molecular flexibility index (Phi) is 5.98. The van der Waals surface area contributed by atoms with E-state index >= 15 is 0 Å². The SMILES string of the molecule is C[C@@H]1OC2(CCCN(C(=O)OC(C)(C)C)CC2)CN(Cc2ccccc2)C1=O. The Labute approximate surface area is 167 Å². The first-order valence-corrected chi connectivity index (χ1v) is 10.2. The number of carbonyl (C=O) groups excluding carboxylic acids is 2. The Bertz CT molecular complexity index is 700. The van der Waals surface area contributed by atoms with Crippen molar-refractivity contribution in [2.24, 2.45) is 0 Å². The number of carbonyl (C=O) groups is 2.